The number of nitrogens with one attached hydrogen (secondary N) is 1. The zero-order chi connectivity index (χ0) is 32.6. The Bertz CT molecular complexity index is 1140. The molecule has 0 radical (unpaired) electrons. The number of amides is 5. The number of nitrogens with zero attached hydrogens (tertiary/aromatic N) is 5. The van der Waals surface area contributed by atoms with E-state index in [1.807, 2.05) is 65.6 Å². The molecule has 0 aromatic heterocycles. The third-order valence-electron chi connectivity index (χ3n) is 8.81. The third-order valence-corrected chi connectivity index (χ3v) is 8.81. The summed E-state index contributed by atoms with van der Waals surface area (Å²) in [5, 5.41) is 3.11. The summed E-state index contributed by atoms with van der Waals surface area (Å²) in [6.45, 7) is 11.2. The lowest BCUT2D eigenvalue weighted by atomic mass is 10.1. The molecular weight excluding hydrogens is 580 g/mol. The fourth-order valence-corrected chi connectivity index (χ4v) is 6.13. The van der Waals surface area contributed by atoms with Crippen LogP contribution in [0.2, 0.25) is 0 Å². The number of urea groups is 2. The summed E-state index contributed by atoms with van der Waals surface area (Å²) >= 11 is 0. The highest BCUT2D eigenvalue weighted by atomic mass is 16.5. The molecule has 10 heteroatoms. The number of carbonyl (C=O) groups excluding carboxylic acids is 3. The zero-order valence-electron chi connectivity index (χ0n) is 27.9. The van der Waals surface area contributed by atoms with Gasteiger partial charge >= 0.3 is 12.1 Å². The molecule has 2 heterocycles. The van der Waals surface area contributed by atoms with E-state index in [1.165, 1.54) is 0 Å². The van der Waals surface area contributed by atoms with Crippen LogP contribution in [0.15, 0.2) is 60.7 Å². The molecule has 252 valence electrons. The maximum Gasteiger partial charge on any atom is 0.329 e. The van der Waals surface area contributed by atoms with Crippen LogP contribution in [-0.2, 0) is 9.53 Å². The van der Waals surface area contributed by atoms with Gasteiger partial charge in [0, 0.05) is 45.8 Å². The minimum absolute atomic E-state index is 0.0348. The van der Waals surface area contributed by atoms with Crippen LogP contribution in [0.5, 0.6) is 0 Å². The summed E-state index contributed by atoms with van der Waals surface area (Å²) in [5.41, 5.74) is 1.44. The number of benzene rings is 2. The van der Waals surface area contributed by atoms with Crippen molar-refractivity contribution in [1.82, 2.24) is 24.9 Å². The molecule has 2 aliphatic heterocycles. The van der Waals surface area contributed by atoms with Crippen molar-refractivity contribution in [3.8, 4) is 0 Å². The summed E-state index contributed by atoms with van der Waals surface area (Å²) in [7, 11) is 0. The molecule has 46 heavy (non-hydrogen) atoms. The molecule has 4 rings (SSSR count). The van der Waals surface area contributed by atoms with E-state index in [0.717, 1.165) is 89.2 Å². The van der Waals surface area contributed by atoms with Crippen LogP contribution in [-0.4, -0.2) is 116 Å². The molecule has 0 saturated carbocycles. The smallest absolute Gasteiger partial charge is 0.329 e. The average molecular weight is 635 g/mol. The summed E-state index contributed by atoms with van der Waals surface area (Å²) in [5.74, 6) is -0.225. The molecule has 2 aromatic carbocycles. The van der Waals surface area contributed by atoms with Crippen molar-refractivity contribution >= 4 is 29.3 Å². The number of hydrogen-bond acceptors (Lipinski definition) is 5. The molecule has 1 unspecified atom stereocenters. The normalized spacial score (nSPS) is 17.0. The van der Waals surface area contributed by atoms with Crippen molar-refractivity contribution in [2.45, 2.75) is 64.8 Å². The van der Waals surface area contributed by atoms with E-state index < -0.39 is 6.04 Å². The van der Waals surface area contributed by atoms with Gasteiger partial charge in [-0.05, 0) is 50.1 Å². The van der Waals surface area contributed by atoms with E-state index in [2.05, 4.69) is 24.1 Å². The van der Waals surface area contributed by atoms with Gasteiger partial charge in [-0.2, -0.15) is 0 Å². The highest BCUT2D eigenvalue weighted by Crippen LogP contribution is 2.28. The number of anilines is 2. The summed E-state index contributed by atoms with van der Waals surface area (Å²) < 4.78 is 5.45. The van der Waals surface area contributed by atoms with Gasteiger partial charge in [-0.15, -0.1) is 0 Å². The molecule has 2 aromatic rings. The van der Waals surface area contributed by atoms with Gasteiger partial charge in [-0.3, -0.25) is 14.6 Å². The minimum atomic E-state index is -0.809. The van der Waals surface area contributed by atoms with Crippen LogP contribution in [0.3, 0.4) is 0 Å². The molecule has 2 saturated heterocycles. The Morgan fingerprint density at radius 2 is 1.35 bits per heavy atom. The van der Waals surface area contributed by atoms with Gasteiger partial charge in [-0.1, -0.05) is 75.9 Å². The van der Waals surface area contributed by atoms with Crippen molar-refractivity contribution in [2.24, 2.45) is 0 Å². The Kier molecular flexibility index (Phi) is 14.6. The van der Waals surface area contributed by atoms with E-state index in [9.17, 15) is 14.4 Å². The zero-order valence-corrected chi connectivity index (χ0v) is 27.9. The Morgan fingerprint density at radius 1 is 0.761 bits per heavy atom. The largest absolute Gasteiger partial charge is 0.379 e. The van der Waals surface area contributed by atoms with E-state index in [1.54, 1.807) is 14.7 Å². The topological polar surface area (TPSA) is 88.7 Å². The average Bonchev–Trinajstić information content (AvgIpc) is 3.10. The second kappa shape index (κ2) is 19.1. The van der Waals surface area contributed by atoms with Crippen molar-refractivity contribution in [2.75, 3.05) is 77.0 Å². The first-order valence-corrected chi connectivity index (χ1v) is 17.4. The molecule has 10 nitrogen and oxygen atoms in total. The summed E-state index contributed by atoms with van der Waals surface area (Å²) in [6, 6.07) is 17.9. The lowest BCUT2D eigenvalue weighted by Crippen LogP contribution is -2.64. The minimum Gasteiger partial charge on any atom is -0.379 e. The van der Waals surface area contributed by atoms with Gasteiger partial charge in [0.2, 0.25) is 5.91 Å². The third kappa shape index (κ3) is 10.2. The fourth-order valence-electron chi connectivity index (χ4n) is 6.13. The molecule has 0 bridgehead atoms. The lowest BCUT2D eigenvalue weighted by Gasteiger charge is -2.43. The van der Waals surface area contributed by atoms with Crippen LogP contribution in [0.25, 0.3) is 0 Å². The Balaban J connectivity index is 1.53. The van der Waals surface area contributed by atoms with Crippen molar-refractivity contribution in [3.63, 3.8) is 0 Å². The van der Waals surface area contributed by atoms with Crippen LogP contribution >= 0.6 is 0 Å². The molecule has 1 atom stereocenters. The Hall–Kier alpha value is -3.63. The predicted molar refractivity (Wildman–Crippen MR) is 183 cm³/mol. The van der Waals surface area contributed by atoms with Gasteiger partial charge in [0.25, 0.3) is 0 Å². The van der Waals surface area contributed by atoms with E-state index >= 15 is 0 Å². The first-order valence-electron chi connectivity index (χ1n) is 17.4. The van der Waals surface area contributed by atoms with Crippen molar-refractivity contribution in [3.05, 3.63) is 60.7 Å². The van der Waals surface area contributed by atoms with Crippen LogP contribution in [0.4, 0.5) is 21.0 Å². The Morgan fingerprint density at radius 3 is 1.91 bits per heavy atom. The number of rotatable bonds is 15. The van der Waals surface area contributed by atoms with Gasteiger partial charge in [0.15, 0.2) is 0 Å². The SMILES string of the molecule is CCCCCN(CCCCC)C(=O)N1CCN(C(=O)N(c2ccccc2)c2ccccc2)C(C(=O)NCCCN2CCOCC2)C1. The van der Waals surface area contributed by atoms with Crippen molar-refractivity contribution in [1.29, 1.82) is 0 Å². The second-order valence-electron chi connectivity index (χ2n) is 12.2. The number of piperazine rings is 1. The fraction of sp³-hybridized carbons (Fsp3) is 0.583. The molecule has 5 amide bonds. The van der Waals surface area contributed by atoms with Crippen LogP contribution in [0.1, 0.15) is 58.8 Å². The predicted octanol–water partition coefficient (Wildman–Crippen LogP) is 5.57. The first kappa shape index (κ1) is 35.2. The highest BCUT2D eigenvalue weighted by Gasteiger charge is 2.40. The summed E-state index contributed by atoms with van der Waals surface area (Å²) in [6.07, 6.45) is 7.05. The van der Waals surface area contributed by atoms with E-state index in [-0.39, 0.29) is 31.1 Å². The molecule has 1 N–H and O–H groups in total. The Labute approximate surface area is 275 Å². The molecule has 0 aliphatic carbocycles. The van der Waals surface area contributed by atoms with Crippen LogP contribution < -0.4 is 10.2 Å². The molecule has 0 spiro atoms. The number of ether oxygens (including phenoxy) is 1. The van der Waals surface area contributed by atoms with Gasteiger partial charge in [0.1, 0.15) is 6.04 Å². The van der Waals surface area contributed by atoms with Crippen LogP contribution in [0, 0.1) is 0 Å². The number of unbranched alkanes of at least 4 members (excludes halogenated alkanes) is 4. The number of hydrogen-bond donors (Lipinski definition) is 1. The maximum atomic E-state index is 14.4. The maximum absolute atomic E-state index is 14.4. The first-order chi connectivity index (χ1) is 22.5. The number of carbonyl (C=O) groups is 3. The standard InChI is InChI=1S/C36H54N6O4/c1-3-5-13-22-39(23-14-6-4-2)35(44)40-24-25-41(33(30-40)34(43)37-20-15-21-38-26-28-46-29-27-38)36(45)42(31-16-9-7-10-17-31)32-18-11-8-12-19-32/h7-12,16-19,33H,3-6,13-15,20-30H2,1-2H3,(H,37,43). The molecular formula is C36H54N6O4. The lowest BCUT2D eigenvalue weighted by molar-refractivity contribution is -0.127. The van der Waals surface area contributed by atoms with Gasteiger partial charge < -0.3 is 24.8 Å². The monoisotopic (exact) mass is 634 g/mol. The van der Waals surface area contributed by atoms with E-state index in [4.69, 9.17) is 4.74 Å². The quantitative estimate of drug-likeness (QED) is 0.259. The highest BCUT2D eigenvalue weighted by molar-refractivity contribution is 6.01. The van der Waals surface area contributed by atoms with Crippen molar-refractivity contribution < 1.29 is 19.1 Å². The van der Waals surface area contributed by atoms with E-state index in [0.29, 0.717) is 26.2 Å². The van der Waals surface area contributed by atoms with Gasteiger partial charge in [0.05, 0.1) is 31.1 Å². The molecule has 2 fully saturated rings. The molecule has 2 aliphatic rings. The number of para-hydroxylation sites is 2. The second-order valence-corrected chi connectivity index (χ2v) is 12.2. The van der Waals surface area contributed by atoms with Gasteiger partial charge in [-0.25, -0.2) is 9.59 Å². The summed E-state index contributed by atoms with van der Waals surface area (Å²) in [4.78, 5) is 51.7. The number of morpholine rings is 1.